The maximum Gasteiger partial charge on any atom is 0.234 e. The minimum absolute atomic E-state index is 0.104. The summed E-state index contributed by atoms with van der Waals surface area (Å²) in [5, 5.41) is 10.3. The van der Waals surface area contributed by atoms with Gasteiger partial charge in [0.15, 0.2) is 0 Å². The number of nitrogens with one attached hydrogen (secondary N) is 3. The zero-order valence-corrected chi connectivity index (χ0v) is 12.8. The van der Waals surface area contributed by atoms with E-state index in [4.69, 9.17) is 0 Å². The third kappa shape index (κ3) is 2.96. The van der Waals surface area contributed by atoms with Crippen LogP contribution in [0.5, 0.6) is 0 Å². The number of hydrogen-bond donors (Lipinski definition) is 3. The van der Waals surface area contributed by atoms with Crippen LogP contribution in [0.25, 0.3) is 0 Å². The lowest BCUT2D eigenvalue weighted by molar-refractivity contribution is -0.113. The Morgan fingerprint density at radius 2 is 2.05 bits per heavy atom. The number of carbonyl (C=O) groups excluding carboxylic acids is 1. The zero-order valence-electron chi connectivity index (χ0n) is 12.0. The average Bonchev–Trinajstić information content (AvgIpc) is 2.83. The summed E-state index contributed by atoms with van der Waals surface area (Å²) >= 11 is 1.62. The molecule has 21 heavy (non-hydrogen) atoms. The Morgan fingerprint density at radius 1 is 1.24 bits per heavy atom. The largest absolute Gasteiger partial charge is 0.324 e. The van der Waals surface area contributed by atoms with Gasteiger partial charge in [-0.25, -0.2) is 0 Å². The van der Waals surface area contributed by atoms with Gasteiger partial charge in [-0.05, 0) is 43.4 Å². The molecule has 5 heteroatoms. The molecule has 0 aromatic heterocycles. The normalized spacial score (nSPS) is 30.9. The molecule has 2 unspecified atom stereocenters. The Morgan fingerprint density at radius 3 is 2.86 bits per heavy atom. The Labute approximate surface area is 129 Å². The predicted octanol–water partition coefficient (Wildman–Crippen LogP) is 2.10. The lowest BCUT2D eigenvalue weighted by Gasteiger charge is -2.30. The van der Waals surface area contributed by atoms with E-state index in [1.807, 2.05) is 0 Å². The topological polar surface area (TPSA) is 53.2 Å². The van der Waals surface area contributed by atoms with E-state index in [2.05, 4.69) is 34.1 Å². The Hall–Kier alpha value is -1.04. The predicted molar refractivity (Wildman–Crippen MR) is 85.6 cm³/mol. The highest BCUT2D eigenvalue weighted by Crippen LogP contribution is 2.32. The minimum atomic E-state index is 0.104. The molecule has 3 aliphatic rings. The molecule has 1 aromatic carbocycles. The van der Waals surface area contributed by atoms with Crippen molar-refractivity contribution in [3.05, 3.63) is 23.8 Å². The molecule has 4 nitrogen and oxygen atoms in total. The average molecular weight is 303 g/mol. The van der Waals surface area contributed by atoms with Crippen molar-refractivity contribution in [3.63, 3.8) is 0 Å². The van der Waals surface area contributed by atoms with Gasteiger partial charge in [0.2, 0.25) is 5.91 Å². The summed E-state index contributed by atoms with van der Waals surface area (Å²) in [4.78, 5) is 12.6. The number of amides is 1. The van der Waals surface area contributed by atoms with Crippen molar-refractivity contribution in [2.24, 2.45) is 0 Å². The first-order chi connectivity index (χ1) is 10.3. The molecule has 2 bridgehead atoms. The number of fused-ring (bicyclic) bond motifs is 3. The first kappa shape index (κ1) is 13.6. The van der Waals surface area contributed by atoms with Gasteiger partial charge in [0, 0.05) is 29.6 Å². The van der Waals surface area contributed by atoms with Gasteiger partial charge in [0.25, 0.3) is 0 Å². The number of anilines is 1. The molecule has 0 spiro atoms. The van der Waals surface area contributed by atoms with Gasteiger partial charge in [-0.1, -0.05) is 6.07 Å². The van der Waals surface area contributed by atoms with Crippen LogP contribution in [0.2, 0.25) is 0 Å². The summed E-state index contributed by atoms with van der Waals surface area (Å²) in [6.07, 6.45) is 5.16. The van der Waals surface area contributed by atoms with Gasteiger partial charge >= 0.3 is 0 Å². The van der Waals surface area contributed by atoms with Crippen LogP contribution in [-0.4, -0.2) is 29.8 Å². The molecule has 4 rings (SSSR count). The van der Waals surface area contributed by atoms with Crippen LogP contribution >= 0.6 is 11.8 Å². The van der Waals surface area contributed by atoms with E-state index >= 15 is 0 Å². The highest BCUT2D eigenvalue weighted by Gasteiger charge is 2.32. The number of hydrogen-bond acceptors (Lipinski definition) is 4. The Bertz CT molecular complexity index is 550. The zero-order chi connectivity index (χ0) is 14.2. The molecule has 2 saturated heterocycles. The highest BCUT2D eigenvalue weighted by atomic mass is 32.2. The van der Waals surface area contributed by atoms with Gasteiger partial charge in [-0.2, -0.15) is 0 Å². The lowest BCUT2D eigenvalue weighted by atomic mass is 9.99. The van der Waals surface area contributed by atoms with Crippen molar-refractivity contribution in [1.82, 2.24) is 10.6 Å². The summed E-state index contributed by atoms with van der Waals surface area (Å²) in [6, 6.07) is 8.49. The van der Waals surface area contributed by atoms with E-state index in [-0.39, 0.29) is 5.91 Å². The monoisotopic (exact) mass is 303 g/mol. The van der Waals surface area contributed by atoms with Crippen LogP contribution in [0.3, 0.4) is 0 Å². The Kier molecular flexibility index (Phi) is 3.65. The third-order valence-corrected chi connectivity index (χ3v) is 5.82. The summed E-state index contributed by atoms with van der Waals surface area (Å²) in [5.74, 6) is 0.634. The quantitative estimate of drug-likeness (QED) is 0.800. The molecule has 0 aliphatic carbocycles. The smallest absolute Gasteiger partial charge is 0.234 e. The molecule has 3 N–H and O–H groups in total. The third-order valence-electron chi connectivity index (χ3n) is 4.74. The van der Waals surface area contributed by atoms with Crippen LogP contribution in [0, 0.1) is 0 Å². The van der Waals surface area contributed by atoms with E-state index in [0.717, 1.165) is 24.3 Å². The van der Waals surface area contributed by atoms with Gasteiger partial charge < -0.3 is 16.0 Å². The van der Waals surface area contributed by atoms with Crippen molar-refractivity contribution in [1.29, 1.82) is 0 Å². The molecule has 0 saturated carbocycles. The van der Waals surface area contributed by atoms with Crippen LogP contribution in [0.15, 0.2) is 23.1 Å². The van der Waals surface area contributed by atoms with E-state index in [1.165, 1.54) is 36.1 Å². The van der Waals surface area contributed by atoms with E-state index in [9.17, 15) is 4.79 Å². The van der Waals surface area contributed by atoms with Crippen LogP contribution in [-0.2, 0) is 11.3 Å². The molecular weight excluding hydrogens is 282 g/mol. The molecule has 3 aliphatic heterocycles. The molecular formula is C16H21N3OS. The number of piperidine rings is 1. The number of rotatable bonds is 3. The fourth-order valence-corrected chi connectivity index (χ4v) is 4.51. The van der Waals surface area contributed by atoms with Crippen LogP contribution < -0.4 is 16.0 Å². The number of thioether (sulfide) groups is 1. The molecule has 112 valence electrons. The second kappa shape index (κ2) is 5.63. The summed E-state index contributed by atoms with van der Waals surface area (Å²) < 4.78 is 0. The molecule has 0 radical (unpaired) electrons. The SMILES string of the molecule is O=C1CSc2ccc(CNC3CC4CCC(C3)N4)cc2N1. The van der Waals surface area contributed by atoms with Crippen LogP contribution in [0.4, 0.5) is 5.69 Å². The summed E-state index contributed by atoms with van der Waals surface area (Å²) in [7, 11) is 0. The maximum absolute atomic E-state index is 11.5. The maximum atomic E-state index is 11.5. The van der Waals surface area contributed by atoms with Crippen molar-refractivity contribution >= 4 is 23.4 Å². The van der Waals surface area contributed by atoms with Crippen molar-refractivity contribution < 1.29 is 4.79 Å². The second-order valence-electron chi connectivity index (χ2n) is 6.35. The molecule has 2 atom stereocenters. The number of carbonyl (C=O) groups is 1. The fraction of sp³-hybridized carbons (Fsp3) is 0.562. The van der Waals surface area contributed by atoms with E-state index in [0.29, 0.717) is 11.8 Å². The van der Waals surface area contributed by atoms with Crippen LogP contribution in [0.1, 0.15) is 31.2 Å². The van der Waals surface area contributed by atoms with Gasteiger partial charge in [-0.3, -0.25) is 4.79 Å². The lowest BCUT2D eigenvalue weighted by Crippen LogP contribution is -2.46. The fourth-order valence-electron chi connectivity index (χ4n) is 3.73. The first-order valence-corrected chi connectivity index (χ1v) is 8.80. The Balaban J connectivity index is 1.39. The van der Waals surface area contributed by atoms with Gasteiger partial charge in [0.05, 0.1) is 11.4 Å². The van der Waals surface area contributed by atoms with Gasteiger partial charge in [0.1, 0.15) is 0 Å². The summed E-state index contributed by atoms with van der Waals surface area (Å²) in [5.41, 5.74) is 2.23. The van der Waals surface area contributed by atoms with E-state index < -0.39 is 0 Å². The minimum Gasteiger partial charge on any atom is -0.324 e. The highest BCUT2D eigenvalue weighted by molar-refractivity contribution is 8.00. The standard InChI is InChI=1S/C16H21N3OS/c20-16-9-21-15-4-1-10(5-14(15)19-16)8-17-13-6-11-2-3-12(7-13)18-11/h1,4-5,11-13,17-18H,2-3,6-9H2,(H,19,20). The molecule has 2 fully saturated rings. The molecule has 1 aromatic rings. The number of benzene rings is 1. The van der Waals surface area contributed by atoms with Crippen molar-refractivity contribution in [3.8, 4) is 0 Å². The summed E-state index contributed by atoms with van der Waals surface area (Å²) in [6.45, 7) is 0.887. The first-order valence-electron chi connectivity index (χ1n) is 7.81. The van der Waals surface area contributed by atoms with E-state index in [1.54, 1.807) is 11.8 Å². The molecule has 1 amide bonds. The second-order valence-corrected chi connectivity index (χ2v) is 7.37. The van der Waals surface area contributed by atoms with Crippen molar-refractivity contribution in [2.45, 2.75) is 55.2 Å². The van der Waals surface area contributed by atoms with Crippen molar-refractivity contribution in [2.75, 3.05) is 11.1 Å². The molecule has 3 heterocycles. The van der Waals surface area contributed by atoms with Gasteiger partial charge in [-0.15, -0.1) is 11.8 Å².